The number of fused-ring (bicyclic) bond motifs is 2. The number of hydrogen-bond acceptors (Lipinski definition) is 6. The molecule has 1 aromatic carbocycles. The maximum Gasteiger partial charge on any atom is 0.234 e. The zero-order valence-electron chi connectivity index (χ0n) is 18.8. The number of para-hydroxylation sites is 2. The van der Waals surface area contributed by atoms with Crippen LogP contribution in [0.3, 0.4) is 0 Å². The van der Waals surface area contributed by atoms with Gasteiger partial charge in [-0.1, -0.05) is 37.1 Å². The summed E-state index contributed by atoms with van der Waals surface area (Å²) in [6, 6.07) is 17.3. The molecular weight excluding hydrogens is 416 g/mol. The number of benzene rings is 1. The van der Waals surface area contributed by atoms with Crippen LogP contribution in [0.25, 0.3) is 0 Å². The summed E-state index contributed by atoms with van der Waals surface area (Å²) in [4.78, 5) is 23.6. The van der Waals surface area contributed by atoms with E-state index in [4.69, 9.17) is 9.47 Å². The average molecular weight is 447 g/mol. The molecule has 1 aliphatic heterocycles. The molecule has 0 aliphatic carbocycles. The van der Waals surface area contributed by atoms with Crippen LogP contribution in [0.15, 0.2) is 67.0 Å². The standard InChI is InChI=1S/C26H30N4O3/c31-25(29-18-22-11-5-6-14-27-22)20-30-16-7-1-2-8-17-32-23-12-3-4-13-24(23)33-26-21(19-30)10-9-15-28-26/h3-6,9-15H,1-2,7-8,16-20H2,(H,29,31). The van der Waals surface area contributed by atoms with Gasteiger partial charge in [0.2, 0.25) is 11.8 Å². The number of nitrogens with one attached hydrogen (secondary N) is 1. The van der Waals surface area contributed by atoms with Crippen molar-refractivity contribution in [1.82, 2.24) is 20.2 Å². The lowest BCUT2D eigenvalue weighted by Gasteiger charge is -2.23. The molecule has 7 nitrogen and oxygen atoms in total. The second-order valence-electron chi connectivity index (χ2n) is 8.09. The van der Waals surface area contributed by atoms with Gasteiger partial charge in [-0.3, -0.25) is 14.7 Å². The van der Waals surface area contributed by atoms with Gasteiger partial charge in [-0.2, -0.15) is 0 Å². The molecule has 33 heavy (non-hydrogen) atoms. The van der Waals surface area contributed by atoms with Gasteiger partial charge in [0, 0.05) is 24.5 Å². The third kappa shape index (κ3) is 7.02. The highest BCUT2D eigenvalue weighted by Crippen LogP contribution is 2.32. The molecule has 4 rings (SSSR count). The zero-order chi connectivity index (χ0) is 22.7. The molecule has 0 radical (unpaired) electrons. The number of ether oxygens (including phenoxy) is 2. The Kier molecular flexibility index (Phi) is 8.25. The predicted molar refractivity (Wildman–Crippen MR) is 126 cm³/mol. The number of pyridine rings is 2. The first-order chi connectivity index (χ1) is 16.3. The first-order valence-electron chi connectivity index (χ1n) is 11.5. The Hall–Kier alpha value is -3.45. The summed E-state index contributed by atoms with van der Waals surface area (Å²) < 4.78 is 12.1. The average Bonchev–Trinajstić information content (AvgIpc) is 2.84. The minimum Gasteiger partial charge on any atom is -0.490 e. The van der Waals surface area contributed by atoms with E-state index in [0.29, 0.717) is 37.9 Å². The van der Waals surface area contributed by atoms with E-state index in [0.717, 1.165) is 49.2 Å². The number of carbonyl (C=O) groups is 1. The van der Waals surface area contributed by atoms with E-state index < -0.39 is 0 Å². The van der Waals surface area contributed by atoms with Gasteiger partial charge in [-0.15, -0.1) is 0 Å². The Morgan fingerprint density at radius 2 is 1.73 bits per heavy atom. The van der Waals surface area contributed by atoms with Gasteiger partial charge in [-0.05, 0) is 49.7 Å². The molecule has 0 fully saturated rings. The quantitative estimate of drug-likeness (QED) is 0.643. The van der Waals surface area contributed by atoms with Crippen LogP contribution in [0.5, 0.6) is 17.4 Å². The van der Waals surface area contributed by atoms with Gasteiger partial charge < -0.3 is 14.8 Å². The molecule has 0 unspecified atom stereocenters. The smallest absolute Gasteiger partial charge is 0.234 e. The summed E-state index contributed by atoms with van der Waals surface area (Å²) >= 11 is 0. The van der Waals surface area contributed by atoms with Crippen LogP contribution in [0.4, 0.5) is 0 Å². The summed E-state index contributed by atoms with van der Waals surface area (Å²) in [5, 5.41) is 2.98. The minimum atomic E-state index is -0.0214. The normalized spacial score (nSPS) is 15.2. The highest BCUT2D eigenvalue weighted by molar-refractivity contribution is 5.77. The Bertz CT molecular complexity index is 1030. The summed E-state index contributed by atoms with van der Waals surface area (Å²) in [6.45, 7) is 2.77. The van der Waals surface area contributed by atoms with Crippen LogP contribution < -0.4 is 14.8 Å². The van der Waals surface area contributed by atoms with E-state index in [1.165, 1.54) is 0 Å². The number of nitrogens with zero attached hydrogens (tertiary/aromatic N) is 3. The maximum absolute atomic E-state index is 12.7. The van der Waals surface area contributed by atoms with Crippen molar-refractivity contribution >= 4 is 5.91 Å². The van der Waals surface area contributed by atoms with E-state index in [1.807, 2.05) is 54.6 Å². The van der Waals surface area contributed by atoms with Crippen molar-refractivity contribution in [2.75, 3.05) is 19.7 Å². The van der Waals surface area contributed by atoms with E-state index >= 15 is 0 Å². The first kappa shape index (κ1) is 22.7. The van der Waals surface area contributed by atoms with Crippen molar-refractivity contribution < 1.29 is 14.3 Å². The number of aromatic nitrogens is 2. The SMILES string of the molecule is O=C(CN1CCCCCCOc2ccccc2Oc2ncccc2C1)NCc1ccccn1. The van der Waals surface area contributed by atoms with Gasteiger partial charge >= 0.3 is 0 Å². The van der Waals surface area contributed by atoms with Crippen LogP contribution in [0.2, 0.25) is 0 Å². The van der Waals surface area contributed by atoms with Crippen molar-refractivity contribution in [2.24, 2.45) is 0 Å². The Labute approximate surface area is 194 Å². The van der Waals surface area contributed by atoms with Crippen LogP contribution in [-0.2, 0) is 17.9 Å². The second kappa shape index (κ2) is 12.0. The van der Waals surface area contributed by atoms with Gasteiger partial charge in [-0.25, -0.2) is 4.98 Å². The third-order valence-corrected chi connectivity index (χ3v) is 5.49. The number of carbonyl (C=O) groups excluding carboxylic acids is 1. The topological polar surface area (TPSA) is 76.6 Å². The van der Waals surface area contributed by atoms with Crippen molar-refractivity contribution in [3.8, 4) is 17.4 Å². The minimum absolute atomic E-state index is 0.0214. The Morgan fingerprint density at radius 3 is 2.61 bits per heavy atom. The molecule has 1 aliphatic rings. The molecule has 0 atom stereocenters. The summed E-state index contributed by atoms with van der Waals surface area (Å²) in [5.41, 5.74) is 1.78. The first-order valence-corrected chi connectivity index (χ1v) is 11.5. The van der Waals surface area contributed by atoms with Crippen molar-refractivity contribution in [3.05, 3.63) is 78.2 Å². The predicted octanol–water partition coefficient (Wildman–Crippen LogP) is 4.34. The van der Waals surface area contributed by atoms with Gasteiger partial charge in [0.15, 0.2) is 11.5 Å². The molecular formula is C26H30N4O3. The summed E-state index contributed by atoms with van der Waals surface area (Å²) in [6.07, 6.45) is 7.62. The number of hydrogen-bond donors (Lipinski definition) is 1. The number of rotatable bonds is 4. The molecule has 1 amide bonds. The van der Waals surface area contributed by atoms with E-state index in [9.17, 15) is 4.79 Å². The zero-order valence-corrected chi connectivity index (χ0v) is 18.8. The lowest BCUT2D eigenvalue weighted by atomic mass is 10.1. The van der Waals surface area contributed by atoms with Crippen LogP contribution in [0, 0.1) is 0 Å². The fraction of sp³-hybridized carbons (Fsp3) is 0.346. The van der Waals surface area contributed by atoms with Crippen LogP contribution in [0.1, 0.15) is 36.9 Å². The lowest BCUT2D eigenvalue weighted by Crippen LogP contribution is -2.37. The summed E-state index contributed by atoms with van der Waals surface area (Å²) in [7, 11) is 0. The van der Waals surface area contributed by atoms with Crippen molar-refractivity contribution in [2.45, 2.75) is 38.8 Å². The van der Waals surface area contributed by atoms with Gasteiger partial charge in [0.1, 0.15) is 0 Å². The molecule has 3 aromatic rings. The Balaban J connectivity index is 1.48. The van der Waals surface area contributed by atoms with E-state index in [2.05, 4.69) is 20.2 Å². The maximum atomic E-state index is 12.7. The Morgan fingerprint density at radius 1 is 0.909 bits per heavy atom. The fourth-order valence-electron chi connectivity index (χ4n) is 3.77. The molecule has 0 saturated carbocycles. The number of amides is 1. The molecule has 0 spiro atoms. The molecule has 0 saturated heterocycles. The van der Waals surface area contributed by atoms with Crippen molar-refractivity contribution in [1.29, 1.82) is 0 Å². The summed E-state index contributed by atoms with van der Waals surface area (Å²) in [5.74, 6) is 1.88. The molecule has 1 N–H and O–H groups in total. The largest absolute Gasteiger partial charge is 0.490 e. The highest BCUT2D eigenvalue weighted by atomic mass is 16.5. The van der Waals surface area contributed by atoms with Crippen LogP contribution >= 0.6 is 0 Å². The molecule has 0 bridgehead atoms. The van der Waals surface area contributed by atoms with Crippen molar-refractivity contribution in [3.63, 3.8) is 0 Å². The van der Waals surface area contributed by atoms with E-state index in [-0.39, 0.29) is 5.91 Å². The molecule has 2 aromatic heterocycles. The van der Waals surface area contributed by atoms with Crippen LogP contribution in [-0.4, -0.2) is 40.5 Å². The van der Waals surface area contributed by atoms with Gasteiger partial charge in [0.25, 0.3) is 0 Å². The van der Waals surface area contributed by atoms with E-state index in [1.54, 1.807) is 12.4 Å². The lowest BCUT2D eigenvalue weighted by molar-refractivity contribution is -0.122. The van der Waals surface area contributed by atoms with Gasteiger partial charge in [0.05, 0.1) is 25.4 Å². The molecule has 3 heterocycles. The second-order valence-corrected chi connectivity index (χ2v) is 8.09. The molecule has 7 heteroatoms. The fourth-order valence-corrected chi connectivity index (χ4v) is 3.77. The highest BCUT2D eigenvalue weighted by Gasteiger charge is 2.16. The monoisotopic (exact) mass is 446 g/mol. The molecule has 172 valence electrons. The third-order valence-electron chi connectivity index (χ3n) is 5.49.